The van der Waals surface area contributed by atoms with Crippen molar-refractivity contribution in [3.63, 3.8) is 0 Å². The Morgan fingerprint density at radius 3 is 2.53 bits per heavy atom. The third kappa shape index (κ3) is 10.1. The fourth-order valence-corrected chi connectivity index (χ4v) is 4.39. The number of benzene rings is 1. The molecule has 36 heavy (non-hydrogen) atoms. The highest BCUT2D eigenvalue weighted by Crippen LogP contribution is 2.30. The molecule has 6 nitrogen and oxygen atoms in total. The molecule has 3 N–H and O–H groups in total. The number of hydrogen-bond acceptors (Lipinski definition) is 5. The monoisotopic (exact) mass is 493 g/mol. The smallest absolute Gasteiger partial charge is 0.335 e. The van der Waals surface area contributed by atoms with E-state index in [0.29, 0.717) is 5.56 Å². The fraction of sp³-hybridized carbons (Fsp3) is 0.467. The Balaban J connectivity index is 0.000000830. The summed E-state index contributed by atoms with van der Waals surface area (Å²) in [6.45, 7) is 9.20. The van der Waals surface area contributed by atoms with Crippen molar-refractivity contribution in [1.82, 2.24) is 9.88 Å². The maximum Gasteiger partial charge on any atom is 0.335 e. The van der Waals surface area contributed by atoms with Crippen LogP contribution >= 0.6 is 0 Å². The highest BCUT2D eigenvalue weighted by Gasteiger charge is 2.32. The van der Waals surface area contributed by atoms with Crippen LogP contribution in [0.25, 0.3) is 5.57 Å². The Morgan fingerprint density at radius 2 is 1.94 bits per heavy atom. The van der Waals surface area contributed by atoms with E-state index in [0.717, 1.165) is 75.7 Å². The third-order valence-electron chi connectivity index (χ3n) is 6.80. The molecule has 0 radical (unpaired) electrons. The summed E-state index contributed by atoms with van der Waals surface area (Å²) in [7, 11) is 0. The van der Waals surface area contributed by atoms with Crippen molar-refractivity contribution in [2.75, 3.05) is 19.6 Å². The SMILES string of the molecule is C/C(=C/CN1CCCCC(CCc2ccc(C(=O)O)cc2)(ON)CC1)c1cccnc1.C/C=C\CC. The molecule has 0 amide bonds. The van der Waals surface area contributed by atoms with Crippen LogP contribution in [0.5, 0.6) is 0 Å². The molecule has 1 unspecified atom stereocenters. The van der Waals surface area contributed by atoms with Gasteiger partial charge in [-0.2, -0.15) is 0 Å². The Morgan fingerprint density at radius 1 is 1.17 bits per heavy atom. The van der Waals surface area contributed by atoms with Crippen molar-refractivity contribution in [1.29, 1.82) is 0 Å². The van der Waals surface area contributed by atoms with Gasteiger partial charge >= 0.3 is 5.97 Å². The van der Waals surface area contributed by atoms with Crippen LogP contribution in [0.4, 0.5) is 0 Å². The van der Waals surface area contributed by atoms with E-state index in [9.17, 15) is 4.79 Å². The molecule has 3 rings (SSSR count). The summed E-state index contributed by atoms with van der Waals surface area (Å²) in [5, 5.41) is 9.07. The quantitative estimate of drug-likeness (QED) is 0.315. The Labute approximate surface area is 216 Å². The lowest BCUT2D eigenvalue weighted by Gasteiger charge is -2.36. The van der Waals surface area contributed by atoms with Crippen LogP contribution < -0.4 is 5.90 Å². The molecule has 0 saturated carbocycles. The first-order valence-electron chi connectivity index (χ1n) is 13.0. The first-order valence-corrected chi connectivity index (χ1v) is 13.0. The Hall–Kier alpha value is -2.80. The molecule has 1 saturated heterocycles. The first kappa shape index (κ1) is 29.4. The van der Waals surface area contributed by atoms with Gasteiger partial charge in [0.2, 0.25) is 0 Å². The van der Waals surface area contributed by atoms with Crippen molar-refractivity contribution < 1.29 is 14.7 Å². The minimum absolute atomic E-state index is 0.310. The molecular weight excluding hydrogens is 450 g/mol. The fourth-order valence-electron chi connectivity index (χ4n) is 4.39. The average molecular weight is 494 g/mol. The van der Waals surface area contributed by atoms with Crippen LogP contribution in [-0.2, 0) is 11.3 Å². The maximum absolute atomic E-state index is 11.0. The molecule has 1 aliphatic rings. The maximum atomic E-state index is 11.0. The third-order valence-corrected chi connectivity index (χ3v) is 6.80. The number of aromatic nitrogens is 1. The van der Waals surface area contributed by atoms with Gasteiger partial charge < -0.3 is 5.11 Å². The number of aromatic carboxylic acids is 1. The first-order chi connectivity index (χ1) is 17.4. The molecule has 2 heterocycles. The predicted octanol–water partition coefficient (Wildman–Crippen LogP) is 6.29. The van der Waals surface area contributed by atoms with E-state index in [1.807, 2.05) is 31.3 Å². The number of pyridine rings is 1. The van der Waals surface area contributed by atoms with Crippen LogP contribution in [-0.4, -0.2) is 46.2 Å². The highest BCUT2D eigenvalue weighted by atomic mass is 16.6. The number of aryl methyl sites for hydroxylation is 1. The molecule has 6 heteroatoms. The number of allylic oxidation sites excluding steroid dienone is 3. The molecule has 196 valence electrons. The second kappa shape index (κ2) is 16.0. The van der Waals surface area contributed by atoms with Crippen molar-refractivity contribution in [3.05, 3.63) is 83.7 Å². The van der Waals surface area contributed by atoms with E-state index >= 15 is 0 Å². The molecular formula is C30H43N3O3. The van der Waals surface area contributed by atoms with E-state index in [2.05, 4.69) is 48.0 Å². The lowest BCUT2D eigenvalue weighted by Crippen LogP contribution is -2.42. The number of nitrogens with two attached hydrogens (primary N) is 1. The van der Waals surface area contributed by atoms with Gasteiger partial charge in [-0.05, 0) is 100 Å². The summed E-state index contributed by atoms with van der Waals surface area (Å²) in [5.74, 6) is 4.91. The molecule has 1 aliphatic heterocycles. The molecule has 0 aliphatic carbocycles. The zero-order chi connectivity index (χ0) is 26.2. The van der Waals surface area contributed by atoms with Gasteiger partial charge in [-0.1, -0.05) is 43.4 Å². The zero-order valence-electron chi connectivity index (χ0n) is 22.2. The van der Waals surface area contributed by atoms with Gasteiger partial charge in [0.25, 0.3) is 0 Å². The normalized spacial score (nSPS) is 19.3. The van der Waals surface area contributed by atoms with E-state index in [1.54, 1.807) is 18.3 Å². The summed E-state index contributed by atoms with van der Waals surface area (Å²) in [5.41, 5.74) is 3.47. The van der Waals surface area contributed by atoms with E-state index in [-0.39, 0.29) is 5.60 Å². The van der Waals surface area contributed by atoms with Crippen molar-refractivity contribution in [2.45, 2.75) is 71.3 Å². The number of carboxylic acids is 1. The van der Waals surface area contributed by atoms with Crippen molar-refractivity contribution in [3.8, 4) is 0 Å². The lowest BCUT2D eigenvalue weighted by atomic mass is 9.85. The van der Waals surface area contributed by atoms with Gasteiger partial charge in [0.1, 0.15) is 0 Å². The Bertz CT molecular complexity index is 957. The van der Waals surface area contributed by atoms with Gasteiger partial charge in [0, 0.05) is 25.5 Å². The van der Waals surface area contributed by atoms with Crippen LogP contribution in [0.2, 0.25) is 0 Å². The van der Waals surface area contributed by atoms with Gasteiger partial charge in [-0.3, -0.25) is 14.7 Å². The molecule has 1 atom stereocenters. The average Bonchev–Trinajstić information content (AvgIpc) is 2.90. The largest absolute Gasteiger partial charge is 0.478 e. The van der Waals surface area contributed by atoms with Crippen molar-refractivity contribution >= 4 is 11.5 Å². The molecule has 0 spiro atoms. The number of carboxylic acid groups (broad SMARTS) is 1. The molecule has 1 aromatic heterocycles. The van der Waals surface area contributed by atoms with E-state index < -0.39 is 5.97 Å². The number of likely N-dealkylation sites (tertiary alicyclic amines) is 1. The summed E-state index contributed by atoms with van der Waals surface area (Å²) in [4.78, 5) is 23.3. The lowest BCUT2D eigenvalue weighted by molar-refractivity contribution is -0.0757. The van der Waals surface area contributed by atoms with Gasteiger partial charge in [0.05, 0.1) is 11.2 Å². The summed E-state index contributed by atoms with van der Waals surface area (Å²) >= 11 is 0. The van der Waals surface area contributed by atoms with E-state index in [4.69, 9.17) is 15.8 Å². The highest BCUT2D eigenvalue weighted by molar-refractivity contribution is 5.87. The Kier molecular flexibility index (Phi) is 13.1. The van der Waals surface area contributed by atoms with Crippen LogP contribution in [0.3, 0.4) is 0 Å². The summed E-state index contributed by atoms with van der Waals surface area (Å²) < 4.78 is 0. The topological polar surface area (TPSA) is 88.7 Å². The second-order valence-electron chi connectivity index (χ2n) is 9.42. The van der Waals surface area contributed by atoms with Crippen LogP contribution in [0.15, 0.2) is 67.0 Å². The molecule has 0 bridgehead atoms. The van der Waals surface area contributed by atoms with Gasteiger partial charge in [-0.25, -0.2) is 10.7 Å². The minimum Gasteiger partial charge on any atom is -0.478 e. The van der Waals surface area contributed by atoms with Gasteiger partial charge in [-0.15, -0.1) is 0 Å². The standard InChI is InChI=1S/C25H33N3O3.C5H10/c1-20(23-5-4-15-27-19-23)11-17-28-16-3-2-12-25(31-26,14-18-28)13-10-21-6-8-22(9-7-21)24(29)30;1-3-5-4-2/h4-9,11,15,19H,2-3,10,12-14,16-18,26H2,1H3,(H,29,30);3,5H,4H2,1-2H3/b20-11-;5-3-. The van der Waals surface area contributed by atoms with Crippen molar-refractivity contribution in [2.24, 2.45) is 5.90 Å². The van der Waals surface area contributed by atoms with E-state index in [1.165, 1.54) is 5.57 Å². The van der Waals surface area contributed by atoms with Gasteiger partial charge in [0.15, 0.2) is 0 Å². The number of nitrogens with zero attached hydrogens (tertiary/aromatic N) is 2. The summed E-state index contributed by atoms with van der Waals surface area (Å²) in [6, 6.07) is 11.1. The number of carbonyl (C=O) groups is 1. The number of hydrogen-bond donors (Lipinski definition) is 2. The number of rotatable bonds is 9. The molecule has 2 aromatic rings. The minimum atomic E-state index is -0.902. The van der Waals surface area contributed by atoms with Crippen LogP contribution in [0, 0.1) is 0 Å². The summed E-state index contributed by atoms with van der Waals surface area (Å²) in [6.07, 6.45) is 17.0. The second-order valence-corrected chi connectivity index (χ2v) is 9.42. The molecule has 1 fully saturated rings. The predicted molar refractivity (Wildman–Crippen MR) is 148 cm³/mol. The molecule has 1 aromatic carbocycles. The van der Waals surface area contributed by atoms with Crippen LogP contribution in [0.1, 0.15) is 80.8 Å². The zero-order valence-corrected chi connectivity index (χ0v) is 22.2.